The summed E-state index contributed by atoms with van der Waals surface area (Å²) in [5.74, 6) is -0.664. The van der Waals surface area contributed by atoms with E-state index in [9.17, 15) is 14.9 Å². The molecule has 8 nitrogen and oxygen atoms in total. The number of piperidine rings is 1. The van der Waals surface area contributed by atoms with Gasteiger partial charge in [0.1, 0.15) is 5.56 Å². The van der Waals surface area contributed by atoms with E-state index in [1.807, 2.05) is 16.9 Å². The molecule has 132 valence electrons. The van der Waals surface area contributed by atoms with Crippen molar-refractivity contribution in [3.05, 3.63) is 52.3 Å². The van der Waals surface area contributed by atoms with E-state index in [1.165, 1.54) is 6.07 Å². The standard InChI is InChI=1S/C17H20N4O4/c1-2-25-17(22)15-12-14(4-5-16(15)21(23)24)19-10-6-13(7-11-19)20-9-3-8-18-20/h3-5,8-9,12-13H,2,6-7,10-11H2,1H3. The maximum absolute atomic E-state index is 12.1. The van der Waals surface area contributed by atoms with E-state index in [0.29, 0.717) is 6.04 Å². The Morgan fingerprint density at radius 3 is 2.76 bits per heavy atom. The molecule has 0 aliphatic carbocycles. The largest absolute Gasteiger partial charge is 0.462 e. The fourth-order valence-corrected chi connectivity index (χ4v) is 3.14. The summed E-state index contributed by atoms with van der Waals surface area (Å²) in [6, 6.07) is 6.89. The van der Waals surface area contributed by atoms with E-state index in [2.05, 4.69) is 10.00 Å². The summed E-state index contributed by atoms with van der Waals surface area (Å²) in [7, 11) is 0. The lowest BCUT2D eigenvalue weighted by molar-refractivity contribution is -0.385. The molecule has 2 heterocycles. The monoisotopic (exact) mass is 344 g/mol. The molecular weight excluding hydrogens is 324 g/mol. The minimum atomic E-state index is -0.664. The minimum Gasteiger partial charge on any atom is -0.462 e. The van der Waals surface area contributed by atoms with Gasteiger partial charge in [-0.25, -0.2) is 4.79 Å². The van der Waals surface area contributed by atoms with E-state index in [4.69, 9.17) is 4.74 Å². The Bertz CT molecular complexity index is 752. The molecule has 0 bridgehead atoms. The first-order chi connectivity index (χ1) is 12.1. The summed E-state index contributed by atoms with van der Waals surface area (Å²) >= 11 is 0. The highest BCUT2D eigenvalue weighted by Gasteiger charge is 2.25. The number of nitro groups is 1. The number of aromatic nitrogens is 2. The van der Waals surface area contributed by atoms with E-state index in [-0.39, 0.29) is 17.9 Å². The summed E-state index contributed by atoms with van der Waals surface area (Å²) in [6.45, 7) is 3.44. The molecule has 1 aliphatic rings. The van der Waals surface area contributed by atoms with Gasteiger partial charge in [-0.3, -0.25) is 14.8 Å². The highest BCUT2D eigenvalue weighted by Crippen LogP contribution is 2.30. The molecular formula is C17H20N4O4. The Hall–Kier alpha value is -2.90. The number of esters is 1. The van der Waals surface area contributed by atoms with Crippen LogP contribution in [-0.4, -0.2) is 40.4 Å². The fourth-order valence-electron chi connectivity index (χ4n) is 3.14. The first-order valence-electron chi connectivity index (χ1n) is 8.29. The van der Waals surface area contributed by atoms with Gasteiger partial charge in [0.15, 0.2) is 0 Å². The molecule has 0 saturated carbocycles. The van der Waals surface area contributed by atoms with Gasteiger partial charge in [-0.15, -0.1) is 0 Å². The third-order valence-electron chi connectivity index (χ3n) is 4.40. The normalized spacial score (nSPS) is 15.2. The predicted octanol–water partition coefficient (Wildman–Crippen LogP) is 2.81. The number of carbonyl (C=O) groups is 1. The highest BCUT2D eigenvalue weighted by molar-refractivity contribution is 5.95. The SMILES string of the molecule is CCOC(=O)c1cc(N2CCC(n3cccn3)CC2)ccc1[N+](=O)[O-]. The molecule has 1 aromatic carbocycles. The molecule has 1 aromatic heterocycles. The molecule has 0 atom stereocenters. The zero-order chi connectivity index (χ0) is 17.8. The smallest absolute Gasteiger partial charge is 0.345 e. The first-order valence-corrected chi connectivity index (χ1v) is 8.29. The van der Waals surface area contributed by atoms with Gasteiger partial charge in [0.05, 0.1) is 17.6 Å². The van der Waals surface area contributed by atoms with Crippen molar-refractivity contribution in [2.75, 3.05) is 24.6 Å². The summed E-state index contributed by atoms with van der Waals surface area (Å²) in [5, 5.41) is 15.5. The van der Waals surface area contributed by atoms with Crippen LogP contribution in [0.4, 0.5) is 11.4 Å². The topological polar surface area (TPSA) is 90.5 Å². The van der Waals surface area contributed by atoms with E-state index >= 15 is 0 Å². The lowest BCUT2D eigenvalue weighted by atomic mass is 10.0. The third-order valence-corrected chi connectivity index (χ3v) is 4.40. The Kier molecular flexibility index (Phi) is 4.97. The average molecular weight is 344 g/mol. The van der Waals surface area contributed by atoms with Crippen LogP contribution in [0.3, 0.4) is 0 Å². The molecule has 25 heavy (non-hydrogen) atoms. The molecule has 8 heteroatoms. The van der Waals surface area contributed by atoms with Crippen LogP contribution >= 0.6 is 0 Å². The van der Waals surface area contributed by atoms with E-state index < -0.39 is 10.9 Å². The Labute approximate surface area is 145 Å². The molecule has 1 aliphatic heterocycles. The van der Waals surface area contributed by atoms with Crippen molar-refractivity contribution in [1.29, 1.82) is 0 Å². The number of rotatable bonds is 5. The summed E-state index contributed by atoms with van der Waals surface area (Å²) in [5.41, 5.74) is 0.569. The maximum atomic E-state index is 12.1. The number of carbonyl (C=O) groups excluding carboxylic acids is 1. The summed E-state index contributed by atoms with van der Waals surface area (Å²) < 4.78 is 6.92. The Morgan fingerprint density at radius 1 is 1.40 bits per heavy atom. The zero-order valence-electron chi connectivity index (χ0n) is 14.0. The van der Waals surface area contributed by atoms with Gasteiger partial charge in [-0.05, 0) is 38.0 Å². The number of ether oxygens (including phenoxy) is 1. The Morgan fingerprint density at radius 2 is 2.16 bits per heavy atom. The van der Waals surface area contributed by atoms with Gasteiger partial charge in [0.25, 0.3) is 5.69 Å². The number of nitro benzene ring substituents is 1. The van der Waals surface area contributed by atoms with Crippen molar-refractivity contribution in [1.82, 2.24) is 9.78 Å². The van der Waals surface area contributed by atoms with E-state index in [0.717, 1.165) is 31.6 Å². The van der Waals surface area contributed by atoms with Gasteiger partial charge in [-0.2, -0.15) is 5.10 Å². The number of hydrogen-bond acceptors (Lipinski definition) is 6. The first kappa shape index (κ1) is 16.9. The summed E-state index contributed by atoms with van der Waals surface area (Å²) in [4.78, 5) is 24.8. The molecule has 0 unspecified atom stereocenters. The molecule has 0 amide bonds. The van der Waals surface area contributed by atoms with Gasteiger partial charge < -0.3 is 9.64 Å². The lowest BCUT2D eigenvalue weighted by Crippen LogP contribution is -2.34. The lowest BCUT2D eigenvalue weighted by Gasteiger charge is -2.33. The average Bonchev–Trinajstić information content (AvgIpc) is 3.16. The second-order valence-corrected chi connectivity index (χ2v) is 5.88. The maximum Gasteiger partial charge on any atom is 0.345 e. The number of benzene rings is 1. The van der Waals surface area contributed by atoms with Gasteiger partial charge in [0, 0.05) is 37.2 Å². The second-order valence-electron chi connectivity index (χ2n) is 5.88. The molecule has 1 fully saturated rings. The van der Waals surface area contributed by atoms with Gasteiger partial charge in [-0.1, -0.05) is 0 Å². The van der Waals surface area contributed by atoms with Crippen LogP contribution < -0.4 is 4.90 Å². The molecule has 2 aromatic rings. The molecule has 3 rings (SSSR count). The number of hydrogen-bond donors (Lipinski definition) is 0. The van der Waals surface area contributed by atoms with Gasteiger partial charge in [0.2, 0.25) is 0 Å². The highest BCUT2D eigenvalue weighted by atomic mass is 16.6. The molecule has 0 radical (unpaired) electrons. The fraction of sp³-hybridized carbons (Fsp3) is 0.412. The number of nitrogens with zero attached hydrogens (tertiary/aromatic N) is 4. The second kappa shape index (κ2) is 7.33. The Balaban J connectivity index is 1.77. The van der Waals surface area contributed by atoms with Crippen LogP contribution in [0.25, 0.3) is 0 Å². The van der Waals surface area contributed by atoms with Crippen LogP contribution in [0.15, 0.2) is 36.7 Å². The van der Waals surface area contributed by atoms with Crippen LogP contribution in [0.1, 0.15) is 36.2 Å². The number of anilines is 1. The molecule has 0 N–H and O–H groups in total. The third kappa shape index (κ3) is 3.62. The summed E-state index contributed by atoms with van der Waals surface area (Å²) in [6.07, 6.45) is 5.58. The predicted molar refractivity (Wildman–Crippen MR) is 91.8 cm³/mol. The van der Waals surface area contributed by atoms with Crippen molar-refractivity contribution in [3.63, 3.8) is 0 Å². The van der Waals surface area contributed by atoms with Crippen LogP contribution in [0.2, 0.25) is 0 Å². The van der Waals surface area contributed by atoms with Crippen LogP contribution in [0, 0.1) is 10.1 Å². The van der Waals surface area contributed by atoms with Crippen molar-refractivity contribution >= 4 is 17.3 Å². The van der Waals surface area contributed by atoms with Crippen molar-refractivity contribution in [2.24, 2.45) is 0 Å². The van der Waals surface area contributed by atoms with Crippen LogP contribution in [0.5, 0.6) is 0 Å². The molecule has 0 spiro atoms. The quantitative estimate of drug-likeness (QED) is 0.471. The minimum absolute atomic E-state index is 0.00134. The van der Waals surface area contributed by atoms with Crippen molar-refractivity contribution < 1.29 is 14.5 Å². The van der Waals surface area contributed by atoms with Crippen molar-refractivity contribution in [3.8, 4) is 0 Å². The van der Waals surface area contributed by atoms with Crippen molar-refractivity contribution in [2.45, 2.75) is 25.8 Å². The zero-order valence-corrected chi connectivity index (χ0v) is 14.0. The van der Waals surface area contributed by atoms with Gasteiger partial charge >= 0.3 is 5.97 Å². The molecule has 1 saturated heterocycles. The van der Waals surface area contributed by atoms with E-state index in [1.54, 1.807) is 25.3 Å². The van der Waals surface area contributed by atoms with Crippen LogP contribution in [-0.2, 0) is 4.74 Å².